The number of rotatable bonds is 10. The monoisotopic (exact) mass is 479 g/mol. The predicted octanol–water partition coefficient (Wildman–Crippen LogP) is 4.74. The van der Waals surface area contributed by atoms with Crippen molar-refractivity contribution in [3.63, 3.8) is 0 Å². The molecule has 10 heteroatoms. The van der Waals surface area contributed by atoms with Crippen molar-refractivity contribution < 1.29 is 17.9 Å². The molecular weight excluding hydrogens is 454 g/mol. The third kappa shape index (κ3) is 5.90. The zero-order chi connectivity index (χ0) is 24.0. The summed E-state index contributed by atoms with van der Waals surface area (Å²) in [5.74, 6) is 2.69. The van der Waals surface area contributed by atoms with Crippen molar-refractivity contribution in [3.05, 3.63) is 79.1 Å². The molecule has 0 amide bonds. The topological polar surface area (TPSA) is 108 Å². The van der Waals surface area contributed by atoms with Gasteiger partial charge in [-0.25, -0.2) is 18.4 Å². The minimum atomic E-state index is -3.74. The summed E-state index contributed by atoms with van der Waals surface area (Å²) >= 11 is 0. The van der Waals surface area contributed by atoms with Crippen LogP contribution in [-0.4, -0.2) is 34.5 Å². The van der Waals surface area contributed by atoms with E-state index in [2.05, 4.69) is 26.6 Å². The smallest absolute Gasteiger partial charge is 0.261 e. The van der Waals surface area contributed by atoms with Crippen LogP contribution in [0.1, 0.15) is 25.6 Å². The van der Waals surface area contributed by atoms with Gasteiger partial charge in [0.15, 0.2) is 0 Å². The van der Waals surface area contributed by atoms with Crippen LogP contribution < -0.4 is 14.2 Å². The number of nitrogens with one attached hydrogen (secondary N) is 1. The Morgan fingerprint density at radius 3 is 2.41 bits per heavy atom. The van der Waals surface area contributed by atoms with Gasteiger partial charge in [0, 0.05) is 24.1 Å². The molecule has 1 N–H and O–H groups in total. The first-order valence-corrected chi connectivity index (χ1v) is 12.3. The van der Waals surface area contributed by atoms with E-state index in [1.165, 1.54) is 12.1 Å². The van der Waals surface area contributed by atoms with Gasteiger partial charge in [0.05, 0.1) is 11.5 Å². The number of aromatic nitrogens is 4. The molecule has 0 saturated carbocycles. The van der Waals surface area contributed by atoms with Gasteiger partial charge < -0.3 is 9.47 Å². The highest BCUT2D eigenvalue weighted by Gasteiger charge is 2.14. The molecule has 0 saturated heterocycles. The van der Waals surface area contributed by atoms with Crippen LogP contribution in [0, 0.1) is 6.92 Å². The van der Waals surface area contributed by atoms with E-state index in [-0.39, 0.29) is 4.90 Å². The van der Waals surface area contributed by atoms with Crippen molar-refractivity contribution in [2.45, 2.75) is 31.6 Å². The lowest BCUT2D eigenvalue weighted by molar-refractivity contribution is 0.309. The van der Waals surface area contributed by atoms with Gasteiger partial charge in [-0.1, -0.05) is 13.3 Å². The molecule has 0 fully saturated rings. The van der Waals surface area contributed by atoms with E-state index in [1.54, 1.807) is 72.7 Å². The molecule has 0 spiro atoms. The molecule has 0 atom stereocenters. The summed E-state index contributed by atoms with van der Waals surface area (Å²) < 4.78 is 41.2. The van der Waals surface area contributed by atoms with Crippen molar-refractivity contribution in [1.82, 2.24) is 19.5 Å². The fourth-order valence-corrected chi connectivity index (χ4v) is 4.14. The number of anilines is 1. The van der Waals surface area contributed by atoms with Crippen molar-refractivity contribution in [2.24, 2.45) is 0 Å². The van der Waals surface area contributed by atoms with Gasteiger partial charge in [-0.2, -0.15) is 4.98 Å². The van der Waals surface area contributed by atoms with Crippen LogP contribution in [0.2, 0.25) is 0 Å². The first kappa shape index (κ1) is 23.2. The van der Waals surface area contributed by atoms with E-state index in [4.69, 9.17) is 9.47 Å². The van der Waals surface area contributed by atoms with Crippen LogP contribution in [0.15, 0.2) is 78.2 Å². The Balaban J connectivity index is 1.42. The maximum atomic E-state index is 12.7. The number of aryl methyl sites for hydroxylation is 1. The standard InChI is InChI=1S/C24H25N5O4S/c1-3-4-15-32-20-9-11-22(12-10-20)34(30,31)28-19-5-7-21(8-6-19)33-24-16-23(26-18(2)27-24)29-14-13-25-17-29/h5-14,16-17,28H,3-4,15H2,1-2H3. The van der Waals surface area contributed by atoms with E-state index in [1.807, 2.05) is 0 Å². The number of hydrogen-bond acceptors (Lipinski definition) is 7. The number of nitrogens with zero attached hydrogens (tertiary/aromatic N) is 4. The molecule has 34 heavy (non-hydrogen) atoms. The summed E-state index contributed by atoms with van der Waals surface area (Å²) in [6.45, 7) is 4.46. The van der Waals surface area contributed by atoms with Crippen molar-refractivity contribution >= 4 is 15.7 Å². The van der Waals surface area contributed by atoms with Gasteiger partial charge in [0.2, 0.25) is 5.88 Å². The zero-order valence-corrected chi connectivity index (χ0v) is 19.7. The SMILES string of the molecule is CCCCOc1ccc(S(=O)(=O)Nc2ccc(Oc3cc(-n4ccnc4)nc(C)n3)cc2)cc1. The summed E-state index contributed by atoms with van der Waals surface area (Å²) in [5, 5.41) is 0. The number of ether oxygens (including phenoxy) is 2. The molecule has 0 aliphatic rings. The van der Waals surface area contributed by atoms with Crippen molar-refractivity contribution in [3.8, 4) is 23.2 Å². The normalized spacial score (nSPS) is 11.2. The average molecular weight is 480 g/mol. The minimum absolute atomic E-state index is 0.152. The molecule has 0 radical (unpaired) electrons. The number of hydrogen-bond donors (Lipinski definition) is 1. The van der Waals surface area contributed by atoms with Crippen LogP contribution in [0.3, 0.4) is 0 Å². The lowest BCUT2D eigenvalue weighted by Crippen LogP contribution is -2.12. The van der Waals surface area contributed by atoms with Gasteiger partial charge >= 0.3 is 0 Å². The zero-order valence-electron chi connectivity index (χ0n) is 18.9. The molecule has 0 bridgehead atoms. The highest BCUT2D eigenvalue weighted by molar-refractivity contribution is 7.92. The summed E-state index contributed by atoms with van der Waals surface area (Å²) in [6, 6.07) is 14.6. The van der Waals surface area contributed by atoms with Crippen LogP contribution in [0.5, 0.6) is 17.4 Å². The first-order chi connectivity index (χ1) is 16.4. The van der Waals surface area contributed by atoms with E-state index in [0.717, 1.165) is 12.8 Å². The van der Waals surface area contributed by atoms with Gasteiger partial charge in [-0.3, -0.25) is 9.29 Å². The van der Waals surface area contributed by atoms with Crippen LogP contribution in [-0.2, 0) is 10.0 Å². The van der Waals surface area contributed by atoms with Gasteiger partial charge in [-0.15, -0.1) is 0 Å². The fraction of sp³-hybridized carbons (Fsp3) is 0.208. The van der Waals surface area contributed by atoms with Crippen LogP contribution in [0.4, 0.5) is 5.69 Å². The van der Waals surface area contributed by atoms with E-state index in [9.17, 15) is 8.42 Å². The number of sulfonamides is 1. The Morgan fingerprint density at radius 1 is 1.00 bits per heavy atom. The first-order valence-electron chi connectivity index (χ1n) is 10.8. The minimum Gasteiger partial charge on any atom is -0.494 e. The van der Waals surface area contributed by atoms with E-state index < -0.39 is 10.0 Å². The number of unbranched alkanes of at least 4 members (excludes halogenated alkanes) is 1. The molecule has 4 rings (SSSR count). The molecule has 0 unspecified atom stereocenters. The third-order valence-electron chi connectivity index (χ3n) is 4.80. The van der Waals surface area contributed by atoms with Gasteiger partial charge in [-0.05, 0) is 61.9 Å². The van der Waals surface area contributed by atoms with Crippen LogP contribution in [0.25, 0.3) is 5.82 Å². The highest BCUT2D eigenvalue weighted by atomic mass is 32.2. The number of imidazole rings is 1. The Kier molecular flexibility index (Phi) is 7.07. The van der Waals surface area contributed by atoms with Gasteiger partial charge in [0.1, 0.15) is 29.5 Å². The summed E-state index contributed by atoms with van der Waals surface area (Å²) in [4.78, 5) is 12.8. The summed E-state index contributed by atoms with van der Waals surface area (Å²) in [5.41, 5.74) is 0.411. The largest absolute Gasteiger partial charge is 0.494 e. The second-order valence-corrected chi connectivity index (χ2v) is 9.17. The van der Waals surface area contributed by atoms with E-state index >= 15 is 0 Å². The molecule has 2 heterocycles. The second-order valence-electron chi connectivity index (χ2n) is 7.49. The second kappa shape index (κ2) is 10.3. The average Bonchev–Trinajstić information content (AvgIpc) is 3.36. The summed E-state index contributed by atoms with van der Waals surface area (Å²) in [7, 11) is -3.74. The Hall–Kier alpha value is -3.92. The lowest BCUT2D eigenvalue weighted by atomic mass is 10.3. The molecule has 4 aromatic rings. The third-order valence-corrected chi connectivity index (χ3v) is 6.20. The van der Waals surface area contributed by atoms with Crippen molar-refractivity contribution in [1.29, 1.82) is 0 Å². The quantitative estimate of drug-likeness (QED) is 0.327. The van der Waals surface area contributed by atoms with E-state index in [0.29, 0.717) is 41.3 Å². The Bertz CT molecular complexity index is 1320. The summed E-state index contributed by atoms with van der Waals surface area (Å²) in [6.07, 6.45) is 7.06. The predicted molar refractivity (Wildman–Crippen MR) is 128 cm³/mol. The molecule has 2 aromatic heterocycles. The maximum absolute atomic E-state index is 12.7. The molecule has 0 aliphatic carbocycles. The molecule has 0 aliphatic heterocycles. The lowest BCUT2D eigenvalue weighted by Gasteiger charge is -2.11. The Labute approximate surface area is 198 Å². The number of benzene rings is 2. The molecular formula is C24H25N5O4S. The van der Waals surface area contributed by atoms with Gasteiger partial charge in [0.25, 0.3) is 10.0 Å². The fourth-order valence-electron chi connectivity index (χ4n) is 3.08. The highest BCUT2D eigenvalue weighted by Crippen LogP contribution is 2.25. The molecule has 176 valence electrons. The van der Waals surface area contributed by atoms with Crippen molar-refractivity contribution in [2.75, 3.05) is 11.3 Å². The maximum Gasteiger partial charge on any atom is 0.261 e. The molecule has 9 nitrogen and oxygen atoms in total. The Morgan fingerprint density at radius 2 is 1.74 bits per heavy atom. The molecule has 2 aromatic carbocycles. The van der Waals surface area contributed by atoms with Crippen LogP contribution >= 0.6 is 0 Å².